The van der Waals surface area contributed by atoms with E-state index in [1.165, 1.54) is 45.3 Å². The number of pyridine rings is 1. The van der Waals surface area contributed by atoms with Crippen LogP contribution >= 0.6 is 0 Å². The quantitative estimate of drug-likeness (QED) is 0.268. The maximum Gasteiger partial charge on any atom is 0.161 e. The summed E-state index contributed by atoms with van der Waals surface area (Å²) in [4.78, 5) is 15.1. The summed E-state index contributed by atoms with van der Waals surface area (Å²) in [6.07, 6.45) is 11.8. The fourth-order valence-electron chi connectivity index (χ4n) is 7.16. The van der Waals surface area contributed by atoms with E-state index in [-0.39, 0.29) is 6.23 Å². The Morgan fingerprint density at radius 3 is 2.35 bits per heavy atom. The highest BCUT2D eigenvalue weighted by Gasteiger charge is 2.44. The minimum absolute atomic E-state index is 0.0560. The van der Waals surface area contributed by atoms with Gasteiger partial charge in [0.25, 0.3) is 0 Å². The van der Waals surface area contributed by atoms with Crippen molar-refractivity contribution in [2.24, 2.45) is 4.99 Å². The van der Waals surface area contributed by atoms with Crippen LogP contribution < -0.4 is 0 Å². The van der Waals surface area contributed by atoms with Crippen molar-refractivity contribution in [2.75, 3.05) is 33.2 Å². The molecule has 40 heavy (non-hydrogen) atoms. The molecule has 0 radical (unpaired) electrons. The molecule has 6 heteroatoms. The summed E-state index contributed by atoms with van der Waals surface area (Å²) in [6, 6.07) is 25.0. The first-order valence-electron chi connectivity index (χ1n) is 14.9. The van der Waals surface area contributed by atoms with Gasteiger partial charge < -0.3 is 14.2 Å². The van der Waals surface area contributed by atoms with E-state index in [0.717, 1.165) is 52.9 Å². The van der Waals surface area contributed by atoms with E-state index < -0.39 is 0 Å². The average Bonchev–Trinajstić information content (AvgIpc) is 3.74. The van der Waals surface area contributed by atoms with Gasteiger partial charge in [-0.05, 0) is 77.3 Å². The third kappa shape index (κ3) is 4.89. The SMILES string of the molecule is CN1CCC2(CCCN2CC2CCC(n3ccc4c(N=C(c5ccccc5)c5ccccc5)nccc43)O2)CC1. The van der Waals surface area contributed by atoms with E-state index in [1.807, 2.05) is 18.3 Å². The molecule has 0 saturated carbocycles. The van der Waals surface area contributed by atoms with Gasteiger partial charge in [-0.2, -0.15) is 0 Å². The molecule has 0 bridgehead atoms. The highest BCUT2D eigenvalue weighted by Crippen LogP contribution is 2.40. The van der Waals surface area contributed by atoms with Crippen LogP contribution in [0.2, 0.25) is 0 Å². The van der Waals surface area contributed by atoms with E-state index in [9.17, 15) is 0 Å². The summed E-state index contributed by atoms with van der Waals surface area (Å²) in [5.41, 5.74) is 4.63. The number of nitrogens with zero attached hydrogens (tertiary/aromatic N) is 5. The van der Waals surface area contributed by atoms with Crippen LogP contribution in [0.5, 0.6) is 0 Å². The molecule has 3 aliphatic heterocycles. The molecule has 6 nitrogen and oxygen atoms in total. The zero-order chi connectivity index (χ0) is 26.9. The second-order valence-corrected chi connectivity index (χ2v) is 11.9. The Hall–Kier alpha value is -3.32. The fraction of sp³-hybridized carbons (Fsp3) is 0.412. The number of hydrogen-bond donors (Lipinski definition) is 0. The number of ether oxygens (including phenoxy) is 1. The van der Waals surface area contributed by atoms with Gasteiger partial charge in [-0.1, -0.05) is 60.7 Å². The number of benzene rings is 2. The topological polar surface area (TPSA) is 45.9 Å². The molecule has 5 heterocycles. The summed E-state index contributed by atoms with van der Waals surface area (Å²) >= 11 is 0. The number of aromatic nitrogens is 2. The van der Waals surface area contributed by atoms with Crippen molar-refractivity contribution < 1.29 is 4.74 Å². The summed E-state index contributed by atoms with van der Waals surface area (Å²) in [5, 5.41) is 1.06. The van der Waals surface area contributed by atoms with Crippen molar-refractivity contribution in [2.45, 2.75) is 56.4 Å². The lowest BCUT2D eigenvalue weighted by atomic mass is 9.85. The first kappa shape index (κ1) is 25.6. The maximum atomic E-state index is 6.75. The standard InChI is InChI=1S/C34H39N5O/c1-37-23-18-34(19-24-37)17-8-21-38(34)25-28-13-14-31(40-28)39-22-16-29-30(39)15-20-35-33(29)36-32(26-9-4-2-5-10-26)27-11-6-3-7-12-27/h2-7,9-12,15-16,20,22,28,31H,8,13-14,17-19,21,23-25H2,1H3. The molecule has 2 atom stereocenters. The van der Waals surface area contributed by atoms with Crippen molar-refractivity contribution in [3.8, 4) is 0 Å². The summed E-state index contributed by atoms with van der Waals surface area (Å²) in [7, 11) is 2.26. The molecule has 2 aromatic heterocycles. The summed E-state index contributed by atoms with van der Waals surface area (Å²) in [5.74, 6) is 0.745. The monoisotopic (exact) mass is 533 g/mol. The molecule has 3 saturated heterocycles. The predicted molar refractivity (Wildman–Crippen MR) is 161 cm³/mol. The summed E-state index contributed by atoms with van der Waals surface area (Å²) < 4.78 is 9.05. The molecular formula is C34H39N5O. The fourth-order valence-corrected chi connectivity index (χ4v) is 7.16. The van der Waals surface area contributed by atoms with Gasteiger partial charge in [0, 0.05) is 41.0 Å². The van der Waals surface area contributed by atoms with Gasteiger partial charge in [-0.15, -0.1) is 0 Å². The number of aliphatic imine (C=N–C) groups is 1. The molecular weight excluding hydrogens is 494 g/mol. The Morgan fingerprint density at radius 1 is 0.900 bits per heavy atom. The van der Waals surface area contributed by atoms with E-state index in [0.29, 0.717) is 11.6 Å². The molecule has 0 aliphatic carbocycles. The number of rotatable bonds is 6. The number of hydrogen-bond acceptors (Lipinski definition) is 5. The van der Waals surface area contributed by atoms with Crippen LogP contribution in [0, 0.1) is 0 Å². The Labute approximate surface area is 237 Å². The first-order valence-corrected chi connectivity index (χ1v) is 14.9. The second-order valence-electron chi connectivity index (χ2n) is 11.9. The van der Waals surface area contributed by atoms with Gasteiger partial charge in [-0.3, -0.25) is 4.90 Å². The van der Waals surface area contributed by atoms with Crippen LogP contribution in [0.4, 0.5) is 5.82 Å². The Kier molecular flexibility index (Phi) is 7.00. The molecule has 7 rings (SSSR count). The molecule has 3 aliphatic rings. The van der Waals surface area contributed by atoms with Crippen LogP contribution in [0.1, 0.15) is 55.9 Å². The van der Waals surface area contributed by atoms with Crippen molar-refractivity contribution >= 4 is 22.4 Å². The van der Waals surface area contributed by atoms with E-state index in [1.54, 1.807) is 0 Å². The second kappa shape index (κ2) is 10.9. The molecule has 2 unspecified atom stereocenters. The molecule has 2 aromatic carbocycles. The van der Waals surface area contributed by atoms with Crippen molar-refractivity contribution in [3.63, 3.8) is 0 Å². The van der Waals surface area contributed by atoms with Crippen LogP contribution in [0.15, 0.2) is 90.2 Å². The molecule has 0 N–H and O–H groups in total. The van der Waals surface area contributed by atoms with Crippen molar-refractivity contribution in [1.82, 2.24) is 19.4 Å². The highest BCUT2D eigenvalue weighted by molar-refractivity contribution is 6.14. The van der Waals surface area contributed by atoms with Crippen LogP contribution in [0.25, 0.3) is 10.9 Å². The third-order valence-electron chi connectivity index (χ3n) is 9.42. The Balaban J connectivity index is 1.13. The van der Waals surface area contributed by atoms with E-state index in [2.05, 4.69) is 88.3 Å². The molecule has 0 amide bonds. The normalized spacial score (nSPS) is 23.2. The lowest BCUT2D eigenvalue weighted by Crippen LogP contribution is -2.53. The lowest BCUT2D eigenvalue weighted by molar-refractivity contribution is -0.0321. The van der Waals surface area contributed by atoms with Crippen molar-refractivity contribution in [3.05, 3.63) is 96.3 Å². The number of fused-ring (bicyclic) bond motifs is 1. The smallest absolute Gasteiger partial charge is 0.161 e. The van der Waals surface area contributed by atoms with E-state index >= 15 is 0 Å². The van der Waals surface area contributed by atoms with Gasteiger partial charge in [0.2, 0.25) is 0 Å². The van der Waals surface area contributed by atoms with Gasteiger partial charge in [0.15, 0.2) is 5.82 Å². The minimum atomic E-state index is 0.0560. The Morgan fingerprint density at radius 2 is 1.62 bits per heavy atom. The van der Waals surface area contributed by atoms with Gasteiger partial charge in [0.1, 0.15) is 6.23 Å². The van der Waals surface area contributed by atoms with Gasteiger partial charge >= 0.3 is 0 Å². The Bertz CT molecular complexity index is 1430. The molecule has 206 valence electrons. The average molecular weight is 534 g/mol. The van der Waals surface area contributed by atoms with E-state index in [4.69, 9.17) is 14.7 Å². The minimum Gasteiger partial charge on any atom is -0.353 e. The van der Waals surface area contributed by atoms with Gasteiger partial charge in [-0.25, -0.2) is 9.98 Å². The number of piperidine rings is 1. The first-order chi connectivity index (χ1) is 19.7. The molecule has 1 spiro atoms. The van der Waals surface area contributed by atoms with Crippen molar-refractivity contribution in [1.29, 1.82) is 0 Å². The number of likely N-dealkylation sites (tertiary alicyclic amines) is 2. The third-order valence-corrected chi connectivity index (χ3v) is 9.42. The summed E-state index contributed by atoms with van der Waals surface area (Å²) in [6.45, 7) is 4.72. The van der Waals surface area contributed by atoms with Gasteiger partial charge in [0.05, 0.1) is 17.3 Å². The van der Waals surface area contributed by atoms with Crippen LogP contribution in [0.3, 0.4) is 0 Å². The predicted octanol–water partition coefficient (Wildman–Crippen LogP) is 6.44. The zero-order valence-electron chi connectivity index (χ0n) is 23.5. The highest BCUT2D eigenvalue weighted by atomic mass is 16.5. The molecule has 3 fully saturated rings. The largest absolute Gasteiger partial charge is 0.353 e. The van der Waals surface area contributed by atoms with Crippen LogP contribution in [-0.2, 0) is 4.74 Å². The zero-order valence-corrected chi connectivity index (χ0v) is 23.5. The van der Waals surface area contributed by atoms with Crippen LogP contribution in [-0.4, -0.2) is 69.9 Å². The lowest BCUT2D eigenvalue weighted by Gasteiger charge is -2.45. The maximum absolute atomic E-state index is 6.75. The molecule has 4 aromatic rings.